The fourth-order valence-electron chi connectivity index (χ4n) is 2.21. The minimum atomic E-state index is -0.873. The quantitative estimate of drug-likeness (QED) is 0.898. The van der Waals surface area contributed by atoms with Crippen molar-refractivity contribution in [2.24, 2.45) is 5.41 Å². The topological polar surface area (TPSA) is 79.3 Å². The molecule has 2 aromatic rings. The molecular formula is C19H22N2O3. The van der Waals surface area contributed by atoms with Crippen LogP contribution in [0.4, 0.5) is 5.82 Å². The number of aromatic nitrogens is 1. The van der Waals surface area contributed by atoms with Crippen LogP contribution in [0.1, 0.15) is 31.9 Å². The van der Waals surface area contributed by atoms with Gasteiger partial charge in [-0.3, -0.25) is 9.59 Å². The van der Waals surface area contributed by atoms with E-state index >= 15 is 0 Å². The lowest BCUT2D eigenvalue weighted by Crippen LogP contribution is -2.27. The van der Waals surface area contributed by atoms with Gasteiger partial charge in [0.2, 0.25) is 5.91 Å². The van der Waals surface area contributed by atoms with Crippen molar-refractivity contribution in [2.45, 2.75) is 34.1 Å². The Labute approximate surface area is 141 Å². The lowest BCUT2D eigenvalue weighted by Gasteiger charge is -2.17. The summed E-state index contributed by atoms with van der Waals surface area (Å²) in [4.78, 5) is 27.3. The molecule has 0 spiro atoms. The minimum Gasteiger partial charge on any atom is -0.481 e. The number of carbonyl (C=O) groups is 2. The number of benzene rings is 1. The van der Waals surface area contributed by atoms with Crippen LogP contribution in [0.2, 0.25) is 0 Å². The smallest absolute Gasteiger partial charge is 0.307 e. The van der Waals surface area contributed by atoms with Crippen molar-refractivity contribution >= 4 is 17.7 Å². The number of nitrogens with zero attached hydrogens (tertiary/aromatic N) is 1. The van der Waals surface area contributed by atoms with Crippen molar-refractivity contribution < 1.29 is 14.7 Å². The first-order valence-electron chi connectivity index (χ1n) is 7.76. The second-order valence-corrected chi connectivity index (χ2v) is 6.87. The molecule has 5 heteroatoms. The highest BCUT2D eigenvalue weighted by atomic mass is 16.4. The molecule has 2 rings (SSSR count). The maximum absolute atomic E-state index is 12.0. The average molecular weight is 326 g/mol. The zero-order chi connectivity index (χ0) is 17.9. The summed E-state index contributed by atoms with van der Waals surface area (Å²) >= 11 is 0. The molecule has 0 unspecified atom stereocenters. The lowest BCUT2D eigenvalue weighted by molar-refractivity contribution is -0.136. The normalized spacial score (nSPS) is 11.2. The van der Waals surface area contributed by atoms with E-state index in [1.54, 1.807) is 12.3 Å². The molecule has 0 radical (unpaired) electrons. The van der Waals surface area contributed by atoms with E-state index in [4.69, 9.17) is 5.11 Å². The van der Waals surface area contributed by atoms with Gasteiger partial charge in [-0.1, -0.05) is 44.5 Å². The van der Waals surface area contributed by atoms with Crippen LogP contribution in [0.3, 0.4) is 0 Å². The molecule has 1 amide bonds. The van der Waals surface area contributed by atoms with Crippen LogP contribution in [0.25, 0.3) is 11.1 Å². The maximum atomic E-state index is 12.0. The number of anilines is 1. The zero-order valence-electron chi connectivity index (χ0n) is 14.4. The van der Waals surface area contributed by atoms with Crippen molar-refractivity contribution in [2.75, 3.05) is 5.32 Å². The molecule has 24 heavy (non-hydrogen) atoms. The van der Waals surface area contributed by atoms with Crippen molar-refractivity contribution in [1.29, 1.82) is 0 Å². The molecule has 1 aromatic carbocycles. The van der Waals surface area contributed by atoms with Crippen molar-refractivity contribution in [3.8, 4) is 11.1 Å². The van der Waals surface area contributed by atoms with Crippen molar-refractivity contribution in [3.63, 3.8) is 0 Å². The predicted molar refractivity (Wildman–Crippen MR) is 93.8 cm³/mol. The molecule has 0 fully saturated rings. The Balaban J connectivity index is 2.29. The highest BCUT2D eigenvalue weighted by Crippen LogP contribution is 2.26. The molecule has 0 aliphatic heterocycles. The molecule has 0 saturated heterocycles. The van der Waals surface area contributed by atoms with Gasteiger partial charge in [0.15, 0.2) is 0 Å². The summed E-state index contributed by atoms with van der Waals surface area (Å²) in [6, 6.07) is 9.24. The van der Waals surface area contributed by atoms with Crippen molar-refractivity contribution in [3.05, 3.63) is 47.7 Å². The number of carboxylic acid groups (broad SMARTS) is 1. The monoisotopic (exact) mass is 326 g/mol. The summed E-state index contributed by atoms with van der Waals surface area (Å²) in [5.41, 5.74) is 2.96. The predicted octanol–water partition coefficient (Wildman–Crippen LogP) is 3.67. The highest BCUT2D eigenvalue weighted by Gasteiger charge is 2.21. The van der Waals surface area contributed by atoms with Crippen LogP contribution in [-0.4, -0.2) is 22.0 Å². The Bertz CT molecular complexity index is 759. The van der Waals surface area contributed by atoms with Gasteiger partial charge in [-0.05, 0) is 30.2 Å². The molecule has 126 valence electrons. The fraction of sp³-hybridized carbons (Fsp3) is 0.316. The number of carbonyl (C=O) groups excluding carboxylic acids is 1. The van der Waals surface area contributed by atoms with Crippen LogP contribution < -0.4 is 5.32 Å². The van der Waals surface area contributed by atoms with E-state index < -0.39 is 11.4 Å². The first-order valence-corrected chi connectivity index (χ1v) is 7.76. The summed E-state index contributed by atoms with van der Waals surface area (Å²) in [7, 11) is 0. The number of hydrogen-bond donors (Lipinski definition) is 2. The molecule has 2 N–H and O–H groups in total. The SMILES string of the molecule is Cc1ccc(CC(=O)O)c(-c2ccc(NC(=O)C(C)(C)C)nc2)c1. The number of rotatable bonds is 4. The van der Waals surface area contributed by atoms with E-state index in [2.05, 4.69) is 10.3 Å². The molecular weight excluding hydrogens is 304 g/mol. The first-order chi connectivity index (χ1) is 11.2. The number of carboxylic acids is 1. The van der Waals surface area contributed by atoms with E-state index in [1.807, 2.05) is 52.0 Å². The molecule has 0 saturated carbocycles. The number of aryl methyl sites for hydroxylation is 1. The third kappa shape index (κ3) is 4.41. The Hall–Kier alpha value is -2.69. The van der Waals surface area contributed by atoms with Crippen molar-refractivity contribution in [1.82, 2.24) is 4.98 Å². The standard InChI is InChI=1S/C19H22N2O3/c1-12-5-6-13(10-17(22)23)15(9-12)14-7-8-16(20-11-14)21-18(24)19(2,3)4/h5-9,11H,10H2,1-4H3,(H,22,23)(H,20,21,24). The molecule has 5 nitrogen and oxygen atoms in total. The second-order valence-electron chi connectivity index (χ2n) is 6.87. The largest absolute Gasteiger partial charge is 0.481 e. The number of hydrogen-bond acceptors (Lipinski definition) is 3. The molecule has 1 heterocycles. The Morgan fingerprint density at radius 3 is 2.42 bits per heavy atom. The Kier molecular flexibility index (Phi) is 5.02. The molecule has 1 aromatic heterocycles. The molecule has 0 atom stereocenters. The Morgan fingerprint density at radius 2 is 1.88 bits per heavy atom. The van der Waals surface area contributed by atoms with Gasteiger partial charge >= 0.3 is 5.97 Å². The fourth-order valence-corrected chi connectivity index (χ4v) is 2.21. The van der Waals surface area contributed by atoms with E-state index in [-0.39, 0.29) is 12.3 Å². The van der Waals surface area contributed by atoms with Gasteiger partial charge in [0, 0.05) is 17.2 Å². The van der Waals surface area contributed by atoms with E-state index in [9.17, 15) is 9.59 Å². The van der Waals surface area contributed by atoms with Gasteiger partial charge in [0.1, 0.15) is 5.82 Å². The number of pyridine rings is 1. The maximum Gasteiger partial charge on any atom is 0.307 e. The van der Waals surface area contributed by atoms with Crippen LogP contribution >= 0.6 is 0 Å². The number of amides is 1. The van der Waals surface area contributed by atoms with Gasteiger partial charge in [-0.25, -0.2) is 4.98 Å². The molecule has 0 aliphatic rings. The first kappa shape index (κ1) is 17.7. The Morgan fingerprint density at radius 1 is 1.17 bits per heavy atom. The number of nitrogens with one attached hydrogen (secondary N) is 1. The van der Waals surface area contributed by atoms with E-state index in [0.29, 0.717) is 5.82 Å². The summed E-state index contributed by atoms with van der Waals surface area (Å²) in [5, 5.41) is 11.8. The number of aliphatic carboxylic acids is 1. The average Bonchev–Trinajstić information content (AvgIpc) is 2.48. The molecule has 0 aliphatic carbocycles. The second kappa shape index (κ2) is 6.83. The van der Waals surface area contributed by atoms with Crippen LogP contribution in [0, 0.1) is 12.3 Å². The molecule has 0 bridgehead atoms. The van der Waals surface area contributed by atoms with Gasteiger partial charge in [0.25, 0.3) is 0 Å². The van der Waals surface area contributed by atoms with Crippen LogP contribution in [0.5, 0.6) is 0 Å². The van der Waals surface area contributed by atoms with Gasteiger partial charge in [0.05, 0.1) is 6.42 Å². The van der Waals surface area contributed by atoms with Crippen LogP contribution in [-0.2, 0) is 16.0 Å². The van der Waals surface area contributed by atoms with Gasteiger partial charge in [-0.2, -0.15) is 0 Å². The van der Waals surface area contributed by atoms with Gasteiger partial charge < -0.3 is 10.4 Å². The zero-order valence-corrected chi connectivity index (χ0v) is 14.4. The third-order valence-electron chi connectivity index (χ3n) is 3.60. The summed E-state index contributed by atoms with van der Waals surface area (Å²) in [5.74, 6) is -0.502. The van der Waals surface area contributed by atoms with Crippen LogP contribution in [0.15, 0.2) is 36.5 Å². The van der Waals surface area contributed by atoms with E-state index in [0.717, 1.165) is 22.3 Å². The summed E-state index contributed by atoms with van der Waals surface area (Å²) < 4.78 is 0. The highest BCUT2D eigenvalue weighted by molar-refractivity contribution is 5.93. The van der Waals surface area contributed by atoms with Gasteiger partial charge in [-0.15, -0.1) is 0 Å². The van der Waals surface area contributed by atoms with E-state index in [1.165, 1.54) is 0 Å². The summed E-state index contributed by atoms with van der Waals surface area (Å²) in [6.45, 7) is 7.46. The summed E-state index contributed by atoms with van der Waals surface area (Å²) in [6.07, 6.45) is 1.61. The third-order valence-corrected chi connectivity index (χ3v) is 3.60. The minimum absolute atomic E-state index is 0.0435. The lowest BCUT2D eigenvalue weighted by atomic mass is 9.95.